The summed E-state index contributed by atoms with van der Waals surface area (Å²) in [7, 11) is -2.09. The molecule has 1 N–H and O–H groups in total. The number of benzene rings is 2. The number of anilines is 1. The summed E-state index contributed by atoms with van der Waals surface area (Å²) in [5.41, 5.74) is 1.35. The Morgan fingerprint density at radius 2 is 1.91 bits per heavy atom. The molecule has 2 aliphatic rings. The van der Waals surface area contributed by atoms with Crippen LogP contribution in [0.2, 0.25) is 0 Å². The molecule has 2 aliphatic heterocycles. The Kier molecular flexibility index (Phi) is 8.03. The van der Waals surface area contributed by atoms with Gasteiger partial charge in [0.15, 0.2) is 0 Å². The number of piperidine rings is 1. The van der Waals surface area contributed by atoms with Gasteiger partial charge in [-0.1, -0.05) is 25.5 Å². The van der Waals surface area contributed by atoms with Gasteiger partial charge in [-0.25, -0.2) is 8.42 Å². The standard InChI is InChI=1S/C25H31N3O5S2/c1-18-13-25(30)28(17-24(29)26-16-19-7-6-8-20(14-19)33-2)22-15-21(9-10-23(22)34-18)35(31,32)27-11-4-3-5-12-27/h6-10,14-15,18H,3-5,11-13,16-17H2,1-2H3,(H,26,29)/t18-/m1/s1. The lowest BCUT2D eigenvalue weighted by Crippen LogP contribution is -2.41. The maximum atomic E-state index is 13.3. The molecule has 188 valence electrons. The number of carbonyl (C=O) groups excluding carboxylic acids is 2. The number of rotatable bonds is 7. The van der Waals surface area contributed by atoms with Crippen molar-refractivity contribution in [2.24, 2.45) is 0 Å². The largest absolute Gasteiger partial charge is 0.497 e. The van der Waals surface area contributed by atoms with E-state index in [1.54, 1.807) is 25.3 Å². The lowest BCUT2D eigenvalue weighted by Gasteiger charge is -2.27. The van der Waals surface area contributed by atoms with E-state index in [-0.39, 0.29) is 34.9 Å². The number of carbonyl (C=O) groups is 2. The molecule has 1 fully saturated rings. The van der Waals surface area contributed by atoms with Crippen LogP contribution in [0.15, 0.2) is 52.3 Å². The monoisotopic (exact) mass is 517 g/mol. The van der Waals surface area contributed by atoms with Gasteiger partial charge in [-0.3, -0.25) is 9.59 Å². The number of hydrogen-bond donors (Lipinski definition) is 1. The molecule has 2 aromatic carbocycles. The zero-order valence-corrected chi connectivity index (χ0v) is 21.7. The summed E-state index contributed by atoms with van der Waals surface area (Å²) >= 11 is 1.52. The highest BCUT2D eigenvalue weighted by molar-refractivity contribution is 8.00. The minimum absolute atomic E-state index is 0.00986. The van der Waals surface area contributed by atoms with Crippen molar-refractivity contribution in [1.29, 1.82) is 0 Å². The first-order valence-corrected chi connectivity index (χ1v) is 14.1. The summed E-state index contributed by atoms with van der Waals surface area (Å²) in [4.78, 5) is 28.3. The average molecular weight is 518 g/mol. The van der Waals surface area contributed by atoms with Crippen LogP contribution in [0.3, 0.4) is 0 Å². The van der Waals surface area contributed by atoms with Gasteiger partial charge in [-0.2, -0.15) is 4.31 Å². The zero-order valence-electron chi connectivity index (χ0n) is 20.0. The highest BCUT2D eigenvalue weighted by Crippen LogP contribution is 2.39. The van der Waals surface area contributed by atoms with Gasteiger partial charge in [0.05, 0.1) is 17.7 Å². The van der Waals surface area contributed by atoms with E-state index in [1.807, 2.05) is 31.2 Å². The summed E-state index contributed by atoms with van der Waals surface area (Å²) in [5, 5.41) is 2.87. The molecular formula is C25H31N3O5S2. The number of amides is 2. The number of nitrogens with one attached hydrogen (secondary N) is 1. The average Bonchev–Trinajstić information content (AvgIpc) is 2.98. The fraction of sp³-hybridized carbons (Fsp3) is 0.440. The molecular weight excluding hydrogens is 486 g/mol. The summed E-state index contributed by atoms with van der Waals surface area (Å²) < 4.78 is 33.3. The van der Waals surface area contributed by atoms with Crippen molar-refractivity contribution < 1.29 is 22.7 Å². The van der Waals surface area contributed by atoms with Crippen molar-refractivity contribution in [1.82, 2.24) is 9.62 Å². The minimum Gasteiger partial charge on any atom is -0.497 e. The molecule has 0 unspecified atom stereocenters. The van der Waals surface area contributed by atoms with Gasteiger partial charge in [0.25, 0.3) is 0 Å². The molecule has 0 saturated carbocycles. The molecule has 35 heavy (non-hydrogen) atoms. The van der Waals surface area contributed by atoms with Gasteiger partial charge in [0.2, 0.25) is 21.8 Å². The van der Waals surface area contributed by atoms with Gasteiger partial charge in [-0.05, 0) is 48.7 Å². The Bertz CT molecular complexity index is 1200. The number of ether oxygens (including phenoxy) is 1. The molecule has 2 amide bonds. The molecule has 0 aromatic heterocycles. The van der Waals surface area contributed by atoms with Gasteiger partial charge in [0.1, 0.15) is 12.3 Å². The van der Waals surface area contributed by atoms with Crippen LogP contribution < -0.4 is 15.0 Å². The molecule has 4 rings (SSSR count). The summed E-state index contributed by atoms with van der Waals surface area (Å²) in [5.74, 6) is 0.172. The van der Waals surface area contributed by atoms with Crippen molar-refractivity contribution >= 4 is 39.3 Å². The van der Waals surface area contributed by atoms with Gasteiger partial charge >= 0.3 is 0 Å². The first-order chi connectivity index (χ1) is 16.8. The van der Waals surface area contributed by atoms with Crippen LogP contribution in [0.5, 0.6) is 5.75 Å². The predicted molar refractivity (Wildman–Crippen MR) is 136 cm³/mol. The molecule has 0 spiro atoms. The lowest BCUT2D eigenvalue weighted by atomic mass is 10.2. The lowest BCUT2D eigenvalue weighted by molar-refractivity contribution is -0.123. The van der Waals surface area contributed by atoms with E-state index in [0.717, 1.165) is 29.7 Å². The van der Waals surface area contributed by atoms with E-state index >= 15 is 0 Å². The maximum absolute atomic E-state index is 13.3. The smallest absolute Gasteiger partial charge is 0.243 e. The van der Waals surface area contributed by atoms with Gasteiger partial charge < -0.3 is 15.0 Å². The molecule has 0 bridgehead atoms. The van der Waals surface area contributed by atoms with Crippen LogP contribution >= 0.6 is 11.8 Å². The molecule has 0 aliphatic carbocycles. The number of thioether (sulfide) groups is 1. The van der Waals surface area contributed by atoms with Crippen LogP contribution in [0, 0.1) is 0 Å². The molecule has 8 nitrogen and oxygen atoms in total. The Hall–Kier alpha value is -2.56. The van der Waals surface area contributed by atoms with Crippen molar-refractivity contribution in [2.45, 2.75) is 54.2 Å². The minimum atomic E-state index is -3.67. The second kappa shape index (κ2) is 11.0. The number of hydrogen-bond acceptors (Lipinski definition) is 6. The fourth-order valence-corrected chi connectivity index (χ4v) is 6.96. The summed E-state index contributed by atoms with van der Waals surface area (Å²) in [6.45, 7) is 3.06. The number of fused-ring (bicyclic) bond motifs is 1. The molecule has 2 heterocycles. The number of methoxy groups -OCH3 is 1. The van der Waals surface area contributed by atoms with E-state index in [2.05, 4.69) is 5.32 Å². The highest BCUT2D eigenvalue weighted by atomic mass is 32.2. The maximum Gasteiger partial charge on any atom is 0.243 e. The predicted octanol–water partition coefficient (Wildman–Crippen LogP) is 3.40. The topological polar surface area (TPSA) is 96.0 Å². The molecule has 1 saturated heterocycles. The number of nitrogens with zero attached hydrogens (tertiary/aromatic N) is 2. The molecule has 2 aromatic rings. The quantitative estimate of drug-likeness (QED) is 0.605. The second-order valence-corrected chi connectivity index (χ2v) is 12.3. The Morgan fingerprint density at radius 1 is 1.14 bits per heavy atom. The van der Waals surface area contributed by atoms with E-state index in [1.165, 1.54) is 21.0 Å². The SMILES string of the molecule is COc1cccc(CNC(=O)CN2C(=O)C[C@@H](C)Sc3ccc(S(=O)(=O)N4CCCCC4)cc32)c1. The first-order valence-electron chi connectivity index (χ1n) is 11.8. The molecule has 10 heteroatoms. The molecule has 1 atom stereocenters. The zero-order chi connectivity index (χ0) is 25.0. The van der Waals surface area contributed by atoms with Crippen LogP contribution in [-0.4, -0.2) is 56.5 Å². The summed E-state index contributed by atoms with van der Waals surface area (Å²) in [6, 6.07) is 12.3. The summed E-state index contributed by atoms with van der Waals surface area (Å²) in [6.07, 6.45) is 2.97. The van der Waals surface area contributed by atoms with E-state index < -0.39 is 10.0 Å². The van der Waals surface area contributed by atoms with E-state index in [9.17, 15) is 18.0 Å². The Balaban J connectivity index is 1.57. The van der Waals surface area contributed by atoms with Gasteiger partial charge in [-0.15, -0.1) is 11.8 Å². The van der Waals surface area contributed by atoms with Crippen molar-refractivity contribution in [3.63, 3.8) is 0 Å². The third-order valence-corrected chi connectivity index (χ3v) is 9.25. The Labute approximate surface area is 211 Å². The molecule has 0 radical (unpaired) electrons. The van der Waals surface area contributed by atoms with Crippen molar-refractivity contribution in [2.75, 3.05) is 31.6 Å². The highest BCUT2D eigenvalue weighted by Gasteiger charge is 2.31. The third kappa shape index (κ3) is 5.99. The number of sulfonamides is 1. The normalized spacial score (nSPS) is 19.1. The van der Waals surface area contributed by atoms with Crippen LogP contribution in [0.25, 0.3) is 0 Å². The fourth-order valence-electron chi connectivity index (χ4n) is 4.33. The van der Waals surface area contributed by atoms with Crippen LogP contribution in [0.1, 0.15) is 38.2 Å². The van der Waals surface area contributed by atoms with E-state index in [0.29, 0.717) is 31.1 Å². The third-order valence-electron chi connectivity index (χ3n) is 6.19. The second-order valence-electron chi connectivity index (χ2n) is 8.84. The first kappa shape index (κ1) is 25.5. The van der Waals surface area contributed by atoms with Crippen LogP contribution in [0.4, 0.5) is 5.69 Å². The van der Waals surface area contributed by atoms with Crippen LogP contribution in [-0.2, 0) is 26.2 Å². The van der Waals surface area contributed by atoms with Crippen molar-refractivity contribution in [3.05, 3.63) is 48.0 Å². The van der Waals surface area contributed by atoms with E-state index in [4.69, 9.17) is 4.74 Å². The Morgan fingerprint density at radius 3 is 2.66 bits per heavy atom. The van der Waals surface area contributed by atoms with Gasteiger partial charge in [0, 0.05) is 36.2 Å². The van der Waals surface area contributed by atoms with Crippen molar-refractivity contribution in [3.8, 4) is 5.75 Å².